The van der Waals surface area contributed by atoms with E-state index in [-0.39, 0.29) is 0 Å². The quantitative estimate of drug-likeness (QED) is 0.750. The van der Waals surface area contributed by atoms with Crippen LogP contribution in [0.15, 0.2) is 42.6 Å². The van der Waals surface area contributed by atoms with Gasteiger partial charge in [0.05, 0.1) is 22.5 Å². The molecule has 2 heterocycles. The average Bonchev–Trinajstić information content (AvgIpc) is 2.49. The number of aryl methyl sites for hydroxylation is 1. The van der Waals surface area contributed by atoms with E-state index >= 15 is 0 Å². The molecule has 0 atom stereocenters. The number of benzene rings is 1. The number of aromatic nitrogens is 2. The molecule has 0 amide bonds. The zero-order valence-corrected chi connectivity index (χ0v) is 11.5. The number of nitrogens with one attached hydrogen (secondary N) is 1. The number of nitrogen functional groups attached to an aromatic ring is 1. The second kappa shape index (κ2) is 5.10. The van der Waals surface area contributed by atoms with Gasteiger partial charge in [-0.25, -0.2) is 4.98 Å². The van der Waals surface area contributed by atoms with E-state index in [1.165, 1.54) is 6.20 Å². The number of para-hydroxylation sites is 1. The maximum atomic E-state index is 8.84. The maximum absolute atomic E-state index is 8.84. The Kier molecular flexibility index (Phi) is 3.13. The summed E-state index contributed by atoms with van der Waals surface area (Å²) >= 11 is 0. The van der Waals surface area contributed by atoms with E-state index in [1.807, 2.05) is 43.3 Å². The predicted molar refractivity (Wildman–Crippen MR) is 83.1 cm³/mol. The molecule has 0 unspecified atom stereocenters. The Bertz CT molecular complexity index is 864. The number of fused-ring (bicyclic) bond motifs is 1. The third-order valence-corrected chi connectivity index (χ3v) is 3.16. The zero-order valence-electron chi connectivity index (χ0n) is 11.5. The first kappa shape index (κ1) is 12.9. The molecule has 0 saturated heterocycles. The molecule has 3 aromatic rings. The molecule has 0 saturated carbocycles. The van der Waals surface area contributed by atoms with Crippen molar-refractivity contribution in [3.63, 3.8) is 0 Å². The lowest BCUT2D eigenvalue weighted by molar-refractivity contribution is 1.25. The fraction of sp³-hybridized carbons (Fsp3) is 0.0625. The third kappa shape index (κ3) is 2.47. The van der Waals surface area contributed by atoms with Gasteiger partial charge in [0.15, 0.2) is 5.82 Å². The molecule has 1 aromatic carbocycles. The third-order valence-electron chi connectivity index (χ3n) is 3.16. The topological polar surface area (TPSA) is 87.6 Å². The van der Waals surface area contributed by atoms with E-state index in [4.69, 9.17) is 11.0 Å². The summed E-state index contributed by atoms with van der Waals surface area (Å²) in [6.45, 7) is 1.95. The van der Waals surface area contributed by atoms with Gasteiger partial charge in [-0.3, -0.25) is 4.98 Å². The van der Waals surface area contributed by atoms with Gasteiger partial charge in [0, 0.05) is 17.3 Å². The van der Waals surface area contributed by atoms with Gasteiger partial charge in [0.2, 0.25) is 0 Å². The van der Waals surface area contributed by atoms with Gasteiger partial charge in [-0.1, -0.05) is 18.2 Å². The summed E-state index contributed by atoms with van der Waals surface area (Å²) in [7, 11) is 0. The van der Waals surface area contributed by atoms with Crippen molar-refractivity contribution in [3.8, 4) is 6.07 Å². The second-order valence-electron chi connectivity index (χ2n) is 4.73. The lowest BCUT2D eigenvalue weighted by Crippen LogP contribution is -2.01. The Hall–Kier alpha value is -3.13. The van der Waals surface area contributed by atoms with Crippen molar-refractivity contribution in [1.29, 1.82) is 5.26 Å². The molecule has 5 heteroatoms. The van der Waals surface area contributed by atoms with Crippen LogP contribution in [-0.4, -0.2) is 9.97 Å². The van der Waals surface area contributed by atoms with Gasteiger partial charge in [0.25, 0.3) is 0 Å². The van der Waals surface area contributed by atoms with Gasteiger partial charge in [-0.05, 0) is 25.1 Å². The molecule has 0 aliphatic heterocycles. The highest BCUT2D eigenvalue weighted by Crippen LogP contribution is 2.27. The van der Waals surface area contributed by atoms with Crippen molar-refractivity contribution in [2.75, 3.05) is 11.1 Å². The Morgan fingerprint density at radius 1 is 1.24 bits per heavy atom. The van der Waals surface area contributed by atoms with E-state index in [0.29, 0.717) is 17.1 Å². The van der Waals surface area contributed by atoms with E-state index in [9.17, 15) is 0 Å². The molecule has 102 valence electrons. The first-order valence-electron chi connectivity index (χ1n) is 6.46. The summed E-state index contributed by atoms with van der Waals surface area (Å²) in [6, 6.07) is 13.5. The Morgan fingerprint density at radius 2 is 2.10 bits per heavy atom. The van der Waals surface area contributed by atoms with Crippen LogP contribution in [0.2, 0.25) is 0 Å². The minimum absolute atomic E-state index is 0.429. The largest absolute Gasteiger partial charge is 0.396 e. The van der Waals surface area contributed by atoms with Gasteiger partial charge in [-0.15, -0.1) is 0 Å². The standard InChI is InChI=1S/C16H13N5/c1-10-5-6-12-3-2-4-14(15(12)20-10)21-16-13(18)7-11(8-17)9-19-16/h2-7,9H,18H2,1H3,(H,19,21). The van der Waals surface area contributed by atoms with Gasteiger partial charge in [0.1, 0.15) is 6.07 Å². The molecule has 0 aliphatic rings. The molecule has 3 rings (SSSR count). The molecule has 3 N–H and O–H groups in total. The number of nitriles is 1. The normalized spacial score (nSPS) is 10.3. The molecular formula is C16H13N5. The summed E-state index contributed by atoms with van der Waals surface area (Å²) in [5.41, 5.74) is 9.43. The number of nitrogens with two attached hydrogens (primary N) is 1. The second-order valence-corrected chi connectivity index (χ2v) is 4.73. The highest BCUT2D eigenvalue weighted by atomic mass is 15.0. The summed E-state index contributed by atoms with van der Waals surface area (Å²) in [5, 5.41) is 13.1. The summed E-state index contributed by atoms with van der Waals surface area (Å²) in [5.74, 6) is 0.518. The minimum Gasteiger partial charge on any atom is -0.396 e. The molecule has 0 spiro atoms. The fourth-order valence-corrected chi connectivity index (χ4v) is 2.12. The summed E-state index contributed by atoms with van der Waals surface area (Å²) < 4.78 is 0. The lowest BCUT2D eigenvalue weighted by atomic mass is 10.1. The van der Waals surface area contributed by atoms with Crippen molar-refractivity contribution in [3.05, 3.63) is 53.9 Å². The maximum Gasteiger partial charge on any atom is 0.153 e. The molecular weight excluding hydrogens is 262 g/mol. The summed E-state index contributed by atoms with van der Waals surface area (Å²) in [6.07, 6.45) is 1.49. The number of rotatable bonds is 2. The van der Waals surface area contributed by atoms with E-state index < -0.39 is 0 Å². The average molecular weight is 275 g/mol. The smallest absolute Gasteiger partial charge is 0.153 e. The summed E-state index contributed by atoms with van der Waals surface area (Å²) in [4.78, 5) is 8.74. The van der Waals surface area contributed by atoms with Crippen LogP contribution < -0.4 is 11.1 Å². The lowest BCUT2D eigenvalue weighted by Gasteiger charge is -2.11. The van der Waals surface area contributed by atoms with E-state index in [0.717, 1.165) is 22.3 Å². The molecule has 5 nitrogen and oxygen atoms in total. The van der Waals surface area contributed by atoms with Crippen LogP contribution in [0.5, 0.6) is 0 Å². The molecule has 2 aromatic heterocycles. The Labute approximate surface area is 122 Å². The highest BCUT2D eigenvalue weighted by molar-refractivity contribution is 5.92. The predicted octanol–water partition coefficient (Wildman–Crippen LogP) is 3.14. The number of hydrogen-bond acceptors (Lipinski definition) is 5. The van der Waals surface area contributed by atoms with Gasteiger partial charge < -0.3 is 11.1 Å². The monoisotopic (exact) mass is 275 g/mol. The van der Waals surface area contributed by atoms with Crippen LogP contribution in [0.3, 0.4) is 0 Å². The van der Waals surface area contributed by atoms with Crippen molar-refractivity contribution in [2.24, 2.45) is 0 Å². The Morgan fingerprint density at radius 3 is 2.86 bits per heavy atom. The van der Waals surface area contributed by atoms with E-state index in [1.54, 1.807) is 6.07 Å². The highest BCUT2D eigenvalue weighted by Gasteiger charge is 2.07. The molecule has 0 radical (unpaired) electrons. The van der Waals surface area contributed by atoms with Crippen LogP contribution in [0, 0.1) is 18.3 Å². The van der Waals surface area contributed by atoms with Crippen molar-refractivity contribution in [1.82, 2.24) is 9.97 Å². The Balaban J connectivity index is 2.06. The molecule has 0 fully saturated rings. The van der Waals surface area contributed by atoms with Crippen LogP contribution >= 0.6 is 0 Å². The zero-order chi connectivity index (χ0) is 14.8. The fourth-order valence-electron chi connectivity index (χ4n) is 2.12. The van der Waals surface area contributed by atoms with Crippen LogP contribution in [0.4, 0.5) is 17.2 Å². The minimum atomic E-state index is 0.429. The van der Waals surface area contributed by atoms with Crippen LogP contribution in [0.25, 0.3) is 10.9 Å². The molecule has 21 heavy (non-hydrogen) atoms. The number of pyridine rings is 2. The van der Waals surface area contributed by atoms with Gasteiger partial charge >= 0.3 is 0 Å². The number of anilines is 3. The van der Waals surface area contributed by atoms with Crippen molar-refractivity contribution in [2.45, 2.75) is 6.92 Å². The SMILES string of the molecule is Cc1ccc2cccc(Nc3ncc(C#N)cc3N)c2n1. The van der Waals surface area contributed by atoms with Crippen LogP contribution in [-0.2, 0) is 0 Å². The van der Waals surface area contributed by atoms with Crippen molar-refractivity contribution < 1.29 is 0 Å². The van der Waals surface area contributed by atoms with E-state index in [2.05, 4.69) is 15.3 Å². The number of nitrogens with zero attached hydrogens (tertiary/aromatic N) is 3. The molecule has 0 bridgehead atoms. The van der Waals surface area contributed by atoms with Crippen molar-refractivity contribution >= 4 is 28.1 Å². The van der Waals surface area contributed by atoms with Crippen LogP contribution in [0.1, 0.15) is 11.3 Å². The molecule has 0 aliphatic carbocycles. The first-order chi connectivity index (χ1) is 10.2. The first-order valence-corrected chi connectivity index (χ1v) is 6.46. The van der Waals surface area contributed by atoms with Gasteiger partial charge in [-0.2, -0.15) is 5.26 Å². The number of hydrogen-bond donors (Lipinski definition) is 2.